The third-order valence-electron chi connectivity index (χ3n) is 5.20. The van der Waals surface area contributed by atoms with E-state index in [1.165, 1.54) is 36.7 Å². The number of nitrogens with one attached hydrogen (secondary N) is 1. The number of piperidine rings is 1. The minimum Gasteiger partial charge on any atom is -0.405 e. The molecule has 0 aliphatic carbocycles. The summed E-state index contributed by atoms with van der Waals surface area (Å²) in [5, 5.41) is 12.5. The molecule has 10 heteroatoms. The first kappa shape index (κ1) is 24.4. The minimum absolute atomic E-state index is 0.0187. The number of rotatable bonds is 9. The molecule has 0 aromatic heterocycles. The number of amides is 1. The van der Waals surface area contributed by atoms with Crippen molar-refractivity contribution in [1.82, 2.24) is 10.2 Å². The summed E-state index contributed by atoms with van der Waals surface area (Å²) in [5.41, 5.74) is 23.3. The van der Waals surface area contributed by atoms with E-state index in [2.05, 4.69) is 21.3 Å². The fraction of sp³-hybridized carbons (Fsp3) is 0.318. The highest BCUT2D eigenvalue weighted by molar-refractivity contribution is 6.20. The molecule has 1 heterocycles. The fourth-order valence-electron chi connectivity index (χ4n) is 3.36. The zero-order valence-electron chi connectivity index (χ0n) is 17.8. The molecule has 1 amide bonds. The number of nitriles is 1. The van der Waals surface area contributed by atoms with Gasteiger partial charge in [-0.15, -0.1) is 0 Å². The molecule has 0 spiro atoms. The molecule has 0 unspecified atom stereocenters. The number of nitrogens with two attached hydrogens (primary N) is 4. The maximum atomic E-state index is 13.1. The second-order valence-corrected chi connectivity index (χ2v) is 7.56. The van der Waals surface area contributed by atoms with Gasteiger partial charge < -0.3 is 28.3 Å². The van der Waals surface area contributed by atoms with Crippen LogP contribution in [-0.2, 0) is 4.79 Å². The number of carbonyl (C=O) groups is 1. The van der Waals surface area contributed by atoms with E-state index in [-0.39, 0.29) is 17.8 Å². The molecular weight excluding hydrogens is 411 g/mol. The molecule has 0 bridgehead atoms. The van der Waals surface area contributed by atoms with E-state index in [0.29, 0.717) is 43.9 Å². The summed E-state index contributed by atoms with van der Waals surface area (Å²) >= 11 is 0. The van der Waals surface area contributed by atoms with Crippen LogP contribution in [0.1, 0.15) is 19.3 Å². The Bertz CT molecular complexity index is 951. The molecule has 1 saturated heterocycles. The summed E-state index contributed by atoms with van der Waals surface area (Å²) < 4.78 is 13.1. The maximum Gasteiger partial charge on any atom is 0.253 e. The van der Waals surface area contributed by atoms with Crippen molar-refractivity contribution in [2.24, 2.45) is 27.9 Å². The first-order chi connectivity index (χ1) is 15.3. The number of primary amides is 1. The Kier molecular flexibility index (Phi) is 8.80. The van der Waals surface area contributed by atoms with Crippen LogP contribution in [0.15, 0.2) is 65.1 Å². The molecule has 9 N–H and O–H groups in total. The van der Waals surface area contributed by atoms with Crippen LogP contribution in [0.4, 0.5) is 10.1 Å². The van der Waals surface area contributed by atoms with Crippen molar-refractivity contribution in [3.05, 3.63) is 65.9 Å². The fourth-order valence-corrected chi connectivity index (χ4v) is 3.36. The van der Waals surface area contributed by atoms with Crippen molar-refractivity contribution in [2.45, 2.75) is 24.8 Å². The normalized spacial score (nSPS) is 17.8. The highest BCUT2D eigenvalue weighted by Crippen LogP contribution is 2.26. The van der Waals surface area contributed by atoms with Crippen LogP contribution < -0.4 is 28.3 Å². The Labute approximate surface area is 186 Å². The smallest absolute Gasteiger partial charge is 0.253 e. The van der Waals surface area contributed by atoms with Gasteiger partial charge >= 0.3 is 0 Å². The topological polar surface area (TPSA) is 173 Å². The van der Waals surface area contributed by atoms with Crippen LogP contribution in [-0.4, -0.2) is 41.8 Å². The van der Waals surface area contributed by atoms with E-state index in [1.807, 2.05) is 0 Å². The molecule has 1 fully saturated rings. The third-order valence-corrected chi connectivity index (χ3v) is 5.20. The van der Waals surface area contributed by atoms with Crippen LogP contribution in [0.25, 0.3) is 0 Å². The standard InChI is InChI=1S/C22H29FN8O/c23-16-3-5-18(6-4-16)30-20(27)19(21(28)32)14-29-22(7-11-25)8-12-31(13-9-22)15-17(26)2-1-10-24/h1-6,10,14,29H,7-9,12-13,15,24,26H2,(H2,27,30)(H2,28,32)/b10-1-,17-2-,19-14+. The van der Waals surface area contributed by atoms with Crippen molar-refractivity contribution in [1.29, 1.82) is 5.26 Å². The summed E-state index contributed by atoms with van der Waals surface area (Å²) in [4.78, 5) is 18.3. The van der Waals surface area contributed by atoms with E-state index < -0.39 is 17.3 Å². The van der Waals surface area contributed by atoms with Gasteiger partial charge in [0.2, 0.25) is 0 Å². The van der Waals surface area contributed by atoms with Gasteiger partial charge in [-0.05, 0) is 55.5 Å². The highest BCUT2D eigenvalue weighted by Gasteiger charge is 2.34. The first-order valence-electron chi connectivity index (χ1n) is 10.1. The number of carbonyl (C=O) groups excluding carboxylic acids is 1. The monoisotopic (exact) mass is 440 g/mol. The number of likely N-dealkylation sites (tertiary alicyclic amines) is 1. The largest absolute Gasteiger partial charge is 0.405 e. The van der Waals surface area contributed by atoms with Gasteiger partial charge in [0.1, 0.15) is 11.7 Å². The molecule has 0 atom stereocenters. The van der Waals surface area contributed by atoms with E-state index in [0.717, 1.165) is 0 Å². The number of allylic oxidation sites excluding steroid dienone is 2. The van der Waals surface area contributed by atoms with E-state index in [9.17, 15) is 14.4 Å². The maximum absolute atomic E-state index is 13.1. The molecule has 0 saturated carbocycles. The SMILES string of the molecule is N#CCC1(N/C=C(/C(N)=O)C(N)=Nc2ccc(F)cc2)CCN(C/C(N)=C/C=C\N)CC1. The molecule has 9 nitrogen and oxygen atoms in total. The molecule has 170 valence electrons. The van der Waals surface area contributed by atoms with Gasteiger partial charge in [-0.1, -0.05) is 0 Å². The molecule has 1 aliphatic rings. The Morgan fingerprint density at radius 2 is 1.91 bits per heavy atom. The number of amidine groups is 1. The molecule has 1 aliphatic heterocycles. The summed E-state index contributed by atoms with van der Waals surface area (Å²) in [7, 11) is 0. The van der Waals surface area contributed by atoms with Crippen molar-refractivity contribution < 1.29 is 9.18 Å². The van der Waals surface area contributed by atoms with Gasteiger partial charge in [0.05, 0.1) is 29.3 Å². The Morgan fingerprint density at radius 3 is 2.47 bits per heavy atom. The average Bonchev–Trinajstić information content (AvgIpc) is 2.75. The van der Waals surface area contributed by atoms with Crippen LogP contribution in [0.3, 0.4) is 0 Å². The van der Waals surface area contributed by atoms with Crippen LogP contribution in [0, 0.1) is 17.1 Å². The van der Waals surface area contributed by atoms with E-state index in [1.54, 1.807) is 12.2 Å². The Balaban J connectivity index is 2.14. The number of aliphatic imine (C=N–C) groups is 1. The van der Waals surface area contributed by atoms with Gasteiger partial charge in [0, 0.05) is 31.5 Å². The van der Waals surface area contributed by atoms with Crippen molar-refractivity contribution in [2.75, 3.05) is 19.6 Å². The number of nitrogens with zero attached hydrogens (tertiary/aromatic N) is 3. The quantitative estimate of drug-likeness (QED) is 0.164. The summed E-state index contributed by atoms with van der Waals surface area (Å²) in [6, 6.07) is 7.55. The first-order valence-corrected chi connectivity index (χ1v) is 10.1. The molecule has 1 aromatic rings. The van der Waals surface area contributed by atoms with Gasteiger partial charge in [-0.2, -0.15) is 5.26 Å². The van der Waals surface area contributed by atoms with Crippen LogP contribution in [0.5, 0.6) is 0 Å². The highest BCUT2D eigenvalue weighted by atomic mass is 19.1. The predicted octanol–water partition coefficient (Wildman–Crippen LogP) is 0.836. The lowest BCUT2D eigenvalue weighted by Gasteiger charge is -2.41. The van der Waals surface area contributed by atoms with Crippen LogP contribution in [0.2, 0.25) is 0 Å². The second-order valence-electron chi connectivity index (χ2n) is 7.56. The number of benzene rings is 1. The zero-order chi connectivity index (χ0) is 23.6. The summed E-state index contributed by atoms with van der Waals surface area (Å²) in [5.74, 6) is -1.28. The average molecular weight is 441 g/mol. The van der Waals surface area contributed by atoms with Crippen molar-refractivity contribution in [3.8, 4) is 6.07 Å². The Hall–Kier alpha value is -3.84. The van der Waals surface area contributed by atoms with Gasteiger partial charge in [0.15, 0.2) is 0 Å². The lowest BCUT2D eigenvalue weighted by atomic mass is 9.84. The lowest BCUT2D eigenvalue weighted by Crippen LogP contribution is -2.52. The van der Waals surface area contributed by atoms with Crippen molar-refractivity contribution in [3.63, 3.8) is 0 Å². The van der Waals surface area contributed by atoms with E-state index in [4.69, 9.17) is 22.9 Å². The third kappa shape index (κ3) is 7.14. The van der Waals surface area contributed by atoms with E-state index >= 15 is 0 Å². The Morgan fingerprint density at radius 1 is 1.25 bits per heavy atom. The van der Waals surface area contributed by atoms with Gasteiger partial charge in [-0.25, -0.2) is 9.38 Å². The van der Waals surface area contributed by atoms with Gasteiger partial charge in [0.25, 0.3) is 5.91 Å². The number of halogens is 1. The lowest BCUT2D eigenvalue weighted by molar-refractivity contribution is -0.114. The zero-order valence-corrected chi connectivity index (χ0v) is 17.8. The minimum atomic E-state index is -0.767. The van der Waals surface area contributed by atoms with Crippen LogP contribution >= 0.6 is 0 Å². The van der Waals surface area contributed by atoms with Gasteiger partial charge in [-0.3, -0.25) is 9.69 Å². The molecular formula is C22H29FN8O. The molecule has 2 rings (SSSR count). The second kappa shape index (κ2) is 11.5. The summed E-state index contributed by atoms with van der Waals surface area (Å²) in [6.07, 6.45) is 7.79. The molecule has 32 heavy (non-hydrogen) atoms. The predicted molar refractivity (Wildman–Crippen MR) is 122 cm³/mol. The number of hydrogen-bond donors (Lipinski definition) is 5. The summed E-state index contributed by atoms with van der Waals surface area (Å²) in [6.45, 7) is 2.00. The molecule has 1 aromatic carbocycles. The number of hydrogen-bond acceptors (Lipinski definition) is 7. The van der Waals surface area contributed by atoms with Crippen molar-refractivity contribution >= 4 is 17.4 Å². The molecule has 0 radical (unpaired) electrons.